The zero-order valence-electron chi connectivity index (χ0n) is 28.4. The fraction of sp³-hybridized carbons (Fsp3) is 0. The van der Waals surface area contributed by atoms with Gasteiger partial charge < -0.3 is 9.32 Å². The third-order valence-corrected chi connectivity index (χ3v) is 10.3. The highest BCUT2D eigenvalue weighted by molar-refractivity contribution is 6.14. The molecule has 0 unspecified atom stereocenters. The van der Waals surface area contributed by atoms with Gasteiger partial charge in [0.2, 0.25) is 0 Å². The number of fused-ring (bicyclic) bond motifs is 6. The minimum absolute atomic E-state index is 0.879. The molecule has 0 atom stereocenters. The predicted molar refractivity (Wildman–Crippen MR) is 220 cm³/mol. The van der Waals surface area contributed by atoms with E-state index in [0.717, 1.165) is 55.7 Å². The van der Waals surface area contributed by atoms with E-state index in [-0.39, 0.29) is 0 Å². The Balaban J connectivity index is 1.24. The first-order valence-electron chi connectivity index (χ1n) is 17.8. The van der Waals surface area contributed by atoms with Crippen LogP contribution in [0.3, 0.4) is 0 Å². The van der Waals surface area contributed by atoms with Crippen LogP contribution in [0.25, 0.3) is 76.9 Å². The summed E-state index contributed by atoms with van der Waals surface area (Å²) < 4.78 is 6.29. The Morgan fingerprint density at radius 3 is 1.67 bits per heavy atom. The maximum Gasteiger partial charge on any atom is 0.135 e. The number of nitrogens with zero attached hydrogens (tertiary/aromatic N) is 1. The Kier molecular flexibility index (Phi) is 7.18. The van der Waals surface area contributed by atoms with Crippen molar-refractivity contribution in [3.63, 3.8) is 0 Å². The predicted octanol–water partition coefficient (Wildman–Crippen LogP) is 14.4. The fourth-order valence-electron chi connectivity index (χ4n) is 7.75. The van der Waals surface area contributed by atoms with Crippen molar-refractivity contribution in [2.75, 3.05) is 4.90 Å². The Hall–Kier alpha value is -6.90. The first-order valence-corrected chi connectivity index (χ1v) is 17.8. The van der Waals surface area contributed by atoms with Gasteiger partial charge in [-0.3, -0.25) is 0 Å². The quantitative estimate of drug-likeness (QED) is 0.165. The zero-order valence-corrected chi connectivity index (χ0v) is 28.4. The number of hydrogen-bond donors (Lipinski definition) is 0. The first kappa shape index (κ1) is 30.0. The van der Waals surface area contributed by atoms with Crippen molar-refractivity contribution in [1.82, 2.24) is 0 Å². The average molecular weight is 664 g/mol. The van der Waals surface area contributed by atoms with Crippen molar-refractivity contribution in [1.29, 1.82) is 0 Å². The Morgan fingerprint density at radius 1 is 0.308 bits per heavy atom. The van der Waals surface area contributed by atoms with Gasteiger partial charge in [0.25, 0.3) is 0 Å². The van der Waals surface area contributed by atoms with Crippen LogP contribution in [0.2, 0.25) is 0 Å². The lowest BCUT2D eigenvalue weighted by atomic mass is 9.91. The van der Waals surface area contributed by atoms with E-state index in [2.05, 4.69) is 193 Å². The molecule has 0 aliphatic heterocycles. The highest BCUT2D eigenvalue weighted by atomic mass is 16.3. The van der Waals surface area contributed by atoms with Crippen molar-refractivity contribution in [3.05, 3.63) is 200 Å². The van der Waals surface area contributed by atoms with E-state index in [4.69, 9.17) is 4.42 Å². The van der Waals surface area contributed by atoms with Crippen molar-refractivity contribution in [3.8, 4) is 33.4 Å². The van der Waals surface area contributed by atoms with Crippen LogP contribution in [0.5, 0.6) is 0 Å². The molecule has 1 heterocycles. The minimum atomic E-state index is 0.879. The van der Waals surface area contributed by atoms with Gasteiger partial charge in [0, 0.05) is 27.7 Å². The summed E-state index contributed by atoms with van der Waals surface area (Å²) in [5, 5.41) is 7.20. The summed E-state index contributed by atoms with van der Waals surface area (Å²) in [4.78, 5) is 2.41. The summed E-state index contributed by atoms with van der Waals surface area (Å²) in [6, 6.07) is 71.9. The molecular formula is C50H33NO. The van der Waals surface area contributed by atoms with Gasteiger partial charge in [-0.25, -0.2) is 0 Å². The Morgan fingerprint density at radius 2 is 0.885 bits per heavy atom. The molecule has 0 radical (unpaired) electrons. The molecule has 0 fully saturated rings. The molecule has 0 spiro atoms. The summed E-state index contributed by atoms with van der Waals surface area (Å²) in [7, 11) is 0. The normalized spacial score (nSPS) is 11.5. The molecule has 0 aliphatic rings. The van der Waals surface area contributed by atoms with Crippen LogP contribution in [0.4, 0.5) is 17.1 Å². The zero-order chi connectivity index (χ0) is 34.4. The topological polar surface area (TPSA) is 16.4 Å². The fourth-order valence-corrected chi connectivity index (χ4v) is 7.75. The SMILES string of the molecule is c1ccc(-c2ccc(N(c3ccc4oc5ccccc5c4c3)c3cc(-c4cc5ccccc5c5ccccc45)ccc3-c3ccccc3)cc2)cc1. The molecule has 0 saturated heterocycles. The smallest absolute Gasteiger partial charge is 0.135 e. The van der Waals surface area contributed by atoms with E-state index >= 15 is 0 Å². The second-order valence-electron chi connectivity index (χ2n) is 13.3. The van der Waals surface area contributed by atoms with Gasteiger partial charge >= 0.3 is 0 Å². The van der Waals surface area contributed by atoms with Gasteiger partial charge in [-0.15, -0.1) is 0 Å². The molecule has 0 saturated carbocycles. The number of rotatable bonds is 6. The lowest BCUT2D eigenvalue weighted by molar-refractivity contribution is 0.669. The van der Waals surface area contributed by atoms with E-state index in [1.807, 2.05) is 12.1 Å². The minimum Gasteiger partial charge on any atom is -0.456 e. The van der Waals surface area contributed by atoms with Gasteiger partial charge in [0.05, 0.1) is 5.69 Å². The molecule has 1 aromatic heterocycles. The standard InChI is InChI=1S/C50H33NO/c1-3-13-34(14-4-1)35-23-26-39(27-24-35)51(40-28-30-50-47(33-40)45-21-11-12-22-49(45)52-50)48-32-38(25-29-42(48)36-15-5-2-6-16-36)46-31-37-17-7-8-18-41(37)43-19-9-10-20-44(43)46/h1-33H. The van der Waals surface area contributed by atoms with Gasteiger partial charge in [0.1, 0.15) is 11.2 Å². The Bertz CT molecular complexity index is 2890. The van der Waals surface area contributed by atoms with E-state index in [9.17, 15) is 0 Å². The van der Waals surface area contributed by atoms with Gasteiger partial charge in [-0.05, 0) is 97.9 Å². The highest BCUT2D eigenvalue weighted by Gasteiger charge is 2.21. The summed E-state index contributed by atoms with van der Waals surface area (Å²) in [6.07, 6.45) is 0. The molecule has 9 aromatic carbocycles. The van der Waals surface area contributed by atoms with Crippen LogP contribution in [0, 0.1) is 0 Å². The summed E-state index contributed by atoms with van der Waals surface area (Å²) in [5.41, 5.74) is 12.1. The second kappa shape index (κ2) is 12.5. The summed E-state index contributed by atoms with van der Waals surface area (Å²) in [6.45, 7) is 0. The van der Waals surface area contributed by atoms with Crippen LogP contribution in [0.15, 0.2) is 205 Å². The van der Waals surface area contributed by atoms with E-state index < -0.39 is 0 Å². The number of para-hydroxylation sites is 1. The maximum atomic E-state index is 6.29. The molecular weight excluding hydrogens is 631 g/mol. The summed E-state index contributed by atoms with van der Waals surface area (Å²) >= 11 is 0. The van der Waals surface area contributed by atoms with E-state index in [1.54, 1.807) is 0 Å². The van der Waals surface area contributed by atoms with Crippen LogP contribution in [-0.2, 0) is 0 Å². The molecule has 10 aromatic rings. The van der Waals surface area contributed by atoms with Crippen molar-refractivity contribution in [2.45, 2.75) is 0 Å². The van der Waals surface area contributed by atoms with Crippen LogP contribution in [0.1, 0.15) is 0 Å². The van der Waals surface area contributed by atoms with E-state index in [1.165, 1.54) is 38.2 Å². The van der Waals surface area contributed by atoms with Gasteiger partial charge in [-0.2, -0.15) is 0 Å². The van der Waals surface area contributed by atoms with Crippen LogP contribution in [-0.4, -0.2) is 0 Å². The molecule has 2 nitrogen and oxygen atoms in total. The lowest BCUT2D eigenvalue weighted by Gasteiger charge is -2.29. The molecule has 0 amide bonds. The Labute approximate surface area is 302 Å². The molecule has 0 N–H and O–H groups in total. The third-order valence-electron chi connectivity index (χ3n) is 10.3. The average Bonchev–Trinajstić information content (AvgIpc) is 3.60. The summed E-state index contributed by atoms with van der Waals surface area (Å²) in [5.74, 6) is 0. The number of benzene rings is 9. The maximum absolute atomic E-state index is 6.29. The van der Waals surface area contributed by atoms with Crippen LogP contribution >= 0.6 is 0 Å². The van der Waals surface area contributed by atoms with Crippen molar-refractivity contribution in [2.24, 2.45) is 0 Å². The van der Waals surface area contributed by atoms with E-state index in [0.29, 0.717) is 0 Å². The number of hydrogen-bond acceptors (Lipinski definition) is 2. The highest BCUT2D eigenvalue weighted by Crippen LogP contribution is 2.46. The third kappa shape index (κ3) is 5.12. The molecule has 10 rings (SSSR count). The molecule has 0 bridgehead atoms. The van der Waals surface area contributed by atoms with Crippen molar-refractivity contribution < 1.29 is 4.42 Å². The first-order chi connectivity index (χ1) is 25.8. The molecule has 244 valence electrons. The van der Waals surface area contributed by atoms with Crippen molar-refractivity contribution >= 4 is 60.5 Å². The molecule has 2 heteroatoms. The molecule has 0 aliphatic carbocycles. The molecule has 52 heavy (non-hydrogen) atoms. The van der Waals surface area contributed by atoms with Gasteiger partial charge in [0.15, 0.2) is 0 Å². The van der Waals surface area contributed by atoms with Gasteiger partial charge in [-0.1, -0.05) is 152 Å². The second-order valence-corrected chi connectivity index (χ2v) is 13.3. The largest absolute Gasteiger partial charge is 0.456 e. The number of anilines is 3. The lowest BCUT2D eigenvalue weighted by Crippen LogP contribution is -2.11. The van der Waals surface area contributed by atoms with Crippen LogP contribution < -0.4 is 4.90 Å². The monoisotopic (exact) mass is 663 g/mol. The number of furan rings is 1.